The molecule has 1 saturated heterocycles. The average molecular weight is 300 g/mol. The molecule has 118 valence electrons. The molecule has 22 heavy (non-hydrogen) atoms. The number of aromatic amines is 1. The van der Waals surface area contributed by atoms with E-state index in [0.717, 1.165) is 55.1 Å². The van der Waals surface area contributed by atoms with E-state index in [9.17, 15) is 4.79 Å². The van der Waals surface area contributed by atoms with Crippen LogP contribution in [-0.2, 0) is 6.54 Å². The summed E-state index contributed by atoms with van der Waals surface area (Å²) in [5, 5.41) is 7.08. The molecule has 5 nitrogen and oxygen atoms in total. The Labute approximate surface area is 131 Å². The summed E-state index contributed by atoms with van der Waals surface area (Å²) >= 11 is 0. The Bertz CT molecular complexity index is 657. The van der Waals surface area contributed by atoms with Crippen molar-refractivity contribution in [2.75, 3.05) is 13.1 Å². The number of likely N-dealkylation sites (tertiary alicyclic amines) is 1. The standard InChI is InChI=1S/C17H24N4O/c1-4-21-12(2)10-15(13(21)3)17(22)20-9-5-6-14(11-20)16-7-8-18-19-16/h7-8,10,14H,4-6,9,11H2,1-3H3,(H,18,19)/t14-/m0/s1. The van der Waals surface area contributed by atoms with Gasteiger partial charge >= 0.3 is 0 Å². The number of rotatable bonds is 3. The molecule has 1 aliphatic heterocycles. The third kappa shape index (κ3) is 2.56. The van der Waals surface area contributed by atoms with Crippen molar-refractivity contribution in [3.05, 3.63) is 41.0 Å². The van der Waals surface area contributed by atoms with Gasteiger partial charge in [0.25, 0.3) is 5.91 Å². The maximum absolute atomic E-state index is 12.9. The van der Waals surface area contributed by atoms with E-state index in [1.165, 1.54) is 0 Å². The van der Waals surface area contributed by atoms with Crippen LogP contribution in [0.4, 0.5) is 0 Å². The predicted octanol–water partition coefficient (Wildman–Crippen LogP) is 2.87. The van der Waals surface area contributed by atoms with E-state index in [2.05, 4.69) is 28.6 Å². The van der Waals surface area contributed by atoms with Crippen LogP contribution in [0.5, 0.6) is 0 Å². The lowest BCUT2D eigenvalue weighted by molar-refractivity contribution is 0.0705. The number of H-pyrrole nitrogens is 1. The van der Waals surface area contributed by atoms with Gasteiger partial charge in [-0.25, -0.2) is 0 Å². The zero-order chi connectivity index (χ0) is 15.7. The Morgan fingerprint density at radius 2 is 2.27 bits per heavy atom. The molecule has 1 fully saturated rings. The maximum atomic E-state index is 12.9. The lowest BCUT2D eigenvalue weighted by atomic mass is 9.94. The lowest BCUT2D eigenvalue weighted by Gasteiger charge is -2.32. The molecule has 0 unspecified atom stereocenters. The fourth-order valence-corrected chi connectivity index (χ4v) is 3.58. The number of piperidine rings is 1. The van der Waals surface area contributed by atoms with Crippen LogP contribution >= 0.6 is 0 Å². The molecule has 0 aromatic carbocycles. The van der Waals surface area contributed by atoms with Crippen LogP contribution < -0.4 is 0 Å². The monoisotopic (exact) mass is 300 g/mol. The van der Waals surface area contributed by atoms with Gasteiger partial charge in [0.15, 0.2) is 0 Å². The van der Waals surface area contributed by atoms with Gasteiger partial charge in [-0.15, -0.1) is 0 Å². The number of carbonyl (C=O) groups excluding carboxylic acids is 1. The number of hydrogen-bond acceptors (Lipinski definition) is 2. The molecule has 1 aliphatic rings. The summed E-state index contributed by atoms with van der Waals surface area (Å²) in [5.74, 6) is 0.534. The van der Waals surface area contributed by atoms with E-state index in [1.54, 1.807) is 6.20 Å². The molecule has 3 rings (SSSR count). The first-order valence-corrected chi connectivity index (χ1v) is 8.07. The van der Waals surface area contributed by atoms with Gasteiger partial charge in [0.1, 0.15) is 0 Å². The Morgan fingerprint density at radius 3 is 2.91 bits per heavy atom. The van der Waals surface area contributed by atoms with E-state index < -0.39 is 0 Å². The first-order valence-electron chi connectivity index (χ1n) is 8.07. The van der Waals surface area contributed by atoms with Gasteiger partial charge in [-0.05, 0) is 45.7 Å². The predicted molar refractivity (Wildman–Crippen MR) is 86.0 cm³/mol. The summed E-state index contributed by atoms with van der Waals surface area (Å²) in [7, 11) is 0. The number of nitrogens with one attached hydrogen (secondary N) is 1. The van der Waals surface area contributed by atoms with E-state index in [1.807, 2.05) is 24.0 Å². The van der Waals surface area contributed by atoms with Crippen LogP contribution in [0.2, 0.25) is 0 Å². The minimum Gasteiger partial charge on any atom is -0.349 e. The summed E-state index contributed by atoms with van der Waals surface area (Å²) in [5.41, 5.74) is 4.22. The van der Waals surface area contributed by atoms with Gasteiger partial charge in [0, 0.05) is 48.8 Å². The minimum absolute atomic E-state index is 0.164. The molecule has 1 N–H and O–H groups in total. The summed E-state index contributed by atoms with van der Waals surface area (Å²) in [6.07, 6.45) is 3.94. The highest BCUT2D eigenvalue weighted by molar-refractivity contribution is 5.95. The second-order valence-electron chi connectivity index (χ2n) is 6.13. The summed E-state index contributed by atoms with van der Waals surface area (Å²) in [6, 6.07) is 4.04. The summed E-state index contributed by atoms with van der Waals surface area (Å²) < 4.78 is 2.20. The second-order valence-corrected chi connectivity index (χ2v) is 6.13. The molecule has 2 aromatic rings. The first-order chi connectivity index (χ1) is 10.6. The summed E-state index contributed by atoms with van der Waals surface area (Å²) in [6.45, 7) is 8.75. The van der Waals surface area contributed by atoms with Crippen molar-refractivity contribution in [1.82, 2.24) is 19.7 Å². The van der Waals surface area contributed by atoms with Gasteiger partial charge in [0.2, 0.25) is 0 Å². The van der Waals surface area contributed by atoms with Crippen LogP contribution in [0.1, 0.15) is 53.1 Å². The van der Waals surface area contributed by atoms with Crippen LogP contribution in [0.15, 0.2) is 18.3 Å². The van der Waals surface area contributed by atoms with Crippen molar-refractivity contribution in [2.45, 2.75) is 46.1 Å². The second kappa shape index (κ2) is 5.99. The van der Waals surface area contributed by atoms with Gasteiger partial charge in [-0.2, -0.15) is 5.10 Å². The number of aryl methyl sites for hydroxylation is 1. The molecular formula is C17H24N4O. The smallest absolute Gasteiger partial charge is 0.255 e. The van der Waals surface area contributed by atoms with E-state index in [-0.39, 0.29) is 5.91 Å². The molecule has 5 heteroatoms. The summed E-state index contributed by atoms with van der Waals surface area (Å²) in [4.78, 5) is 14.9. The highest BCUT2D eigenvalue weighted by Gasteiger charge is 2.28. The first kappa shape index (κ1) is 14.9. The van der Waals surface area contributed by atoms with Gasteiger partial charge < -0.3 is 9.47 Å². The van der Waals surface area contributed by atoms with Crippen LogP contribution in [0, 0.1) is 13.8 Å². The van der Waals surface area contributed by atoms with Crippen molar-refractivity contribution >= 4 is 5.91 Å². The number of hydrogen-bond donors (Lipinski definition) is 1. The van der Waals surface area contributed by atoms with Crippen molar-refractivity contribution < 1.29 is 4.79 Å². The molecular weight excluding hydrogens is 276 g/mol. The van der Waals surface area contributed by atoms with Crippen molar-refractivity contribution in [3.63, 3.8) is 0 Å². The zero-order valence-electron chi connectivity index (χ0n) is 13.6. The maximum Gasteiger partial charge on any atom is 0.255 e. The third-order valence-electron chi connectivity index (χ3n) is 4.79. The Hall–Kier alpha value is -2.04. The SMILES string of the molecule is CCn1c(C)cc(C(=O)N2CCC[C@H](c3ccn[nH]3)C2)c1C. The Kier molecular flexibility index (Phi) is 4.05. The normalized spacial score (nSPS) is 18.7. The third-order valence-corrected chi connectivity index (χ3v) is 4.79. The van der Waals surface area contributed by atoms with Gasteiger partial charge in [0.05, 0.1) is 5.56 Å². The fraction of sp³-hybridized carbons (Fsp3) is 0.529. The number of amides is 1. The molecule has 2 aromatic heterocycles. The molecule has 0 radical (unpaired) electrons. The van der Waals surface area contributed by atoms with Gasteiger partial charge in [-0.1, -0.05) is 0 Å². The molecule has 1 atom stereocenters. The Morgan fingerprint density at radius 1 is 1.45 bits per heavy atom. The van der Waals surface area contributed by atoms with Crippen molar-refractivity contribution in [2.24, 2.45) is 0 Å². The van der Waals surface area contributed by atoms with Crippen LogP contribution in [0.25, 0.3) is 0 Å². The number of carbonyl (C=O) groups is 1. The van der Waals surface area contributed by atoms with Gasteiger partial charge in [-0.3, -0.25) is 9.89 Å². The number of nitrogens with zero attached hydrogens (tertiary/aromatic N) is 3. The molecule has 0 aliphatic carbocycles. The van der Waals surface area contributed by atoms with Crippen molar-refractivity contribution in [3.8, 4) is 0 Å². The van der Waals surface area contributed by atoms with E-state index in [0.29, 0.717) is 5.92 Å². The quantitative estimate of drug-likeness (QED) is 0.947. The molecule has 0 bridgehead atoms. The minimum atomic E-state index is 0.164. The molecule has 1 amide bonds. The molecule has 0 spiro atoms. The Balaban J connectivity index is 1.80. The van der Waals surface area contributed by atoms with Crippen LogP contribution in [-0.4, -0.2) is 38.7 Å². The zero-order valence-corrected chi connectivity index (χ0v) is 13.6. The largest absolute Gasteiger partial charge is 0.349 e. The fourth-order valence-electron chi connectivity index (χ4n) is 3.58. The van der Waals surface area contributed by atoms with Crippen LogP contribution in [0.3, 0.4) is 0 Å². The topological polar surface area (TPSA) is 53.9 Å². The van der Waals surface area contributed by atoms with E-state index >= 15 is 0 Å². The van der Waals surface area contributed by atoms with E-state index in [4.69, 9.17) is 0 Å². The highest BCUT2D eigenvalue weighted by Crippen LogP contribution is 2.27. The van der Waals surface area contributed by atoms with Crippen molar-refractivity contribution in [1.29, 1.82) is 0 Å². The number of aromatic nitrogens is 3. The molecule has 0 saturated carbocycles. The molecule has 3 heterocycles. The average Bonchev–Trinajstić information content (AvgIpc) is 3.15. The lowest BCUT2D eigenvalue weighted by Crippen LogP contribution is -2.39. The highest BCUT2D eigenvalue weighted by atomic mass is 16.2.